The number of rotatable bonds is 4. The maximum Gasteiger partial charge on any atom is 0.163 e. The standard InChI is InChI=1S/C23H25FN4O2/c1-15-6-5-7-18(22(15)24)27-23-17-10-21-20(11-19(17)25-14-26-23)29-13-16(30-21)12-28-8-3-2-4-9-28/h5-7,10-11,14,16H,2-4,8-9,12-13H2,1H3,(H,25,26,27)/t16-/m1/s1. The Morgan fingerprint density at radius 3 is 2.87 bits per heavy atom. The van der Waals surface area contributed by atoms with Crippen LogP contribution in [0, 0.1) is 12.7 Å². The van der Waals surface area contributed by atoms with E-state index in [4.69, 9.17) is 9.47 Å². The van der Waals surface area contributed by atoms with Gasteiger partial charge in [0.05, 0.1) is 11.2 Å². The van der Waals surface area contributed by atoms with Gasteiger partial charge in [-0.05, 0) is 50.6 Å². The Bertz CT molecular complexity index is 1070. The zero-order valence-electron chi connectivity index (χ0n) is 17.0. The molecular formula is C23H25FN4O2. The second kappa shape index (κ2) is 8.07. The Balaban J connectivity index is 1.42. The smallest absolute Gasteiger partial charge is 0.163 e. The number of nitrogens with one attached hydrogen (secondary N) is 1. The number of likely N-dealkylation sites (tertiary alicyclic amines) is 1. The average molecular weight is 408 g/mol. The molecule has 156 valence electrons. The van der Waals surface area contributed by atoms with Gasteiger partial charge in [-0.15, -0.1) is 0 Å². The summed E-state index contributed by atoms with van der Waals surface area (Å²) in [7, 11) is 0. The Morgan fingerprint density at radius 2 is 2.00 bits per heavy atom. The molecule has 2 aliphatic rings. The van der Waals surface area contributed by atoms with Gasteiger partial charge < -0.3 is 14.8 Å². The van der Waals surface area contributed by atoms with Gasteiger partial charge in [0.15, 0.2) is 11.5 Å². The molecule has 0 bridgehead atoms. The first-order chi connectivity index (χ1) is 14.7. The number of benzene rings is 2. The van der Waals surface area contributed by atoms with Crippen LogP contribution in [0.25, 0.3) is 10.9 Å². The summed E-state index contributed by atoms with van der Waals surface area (Å²) in [6, 6.07) is 9.00. The molecule has 0 spiro atoms. The largest absolute Gasteiger partial charge is 0.486 e. The third-order valence-corrected chi connectivity index (χ3v) is 5.77. The predicted octanol–water partition coefficient (Wildman–Crippen LogP) is 4.45. The van der Waals surface area contributed by atoms with Crippen LogP contribution in [0.5, 0.6) is 11.5 Å². The van der Waals surface area contributed by atoms with E-state index in [-0.39, 0.29) is 11.9 Å². The van der Waals surface area contributed by atoms with Crippen LogP contribution >= 0.6 is 0 Å². The van der Waals surface area contributed by atoms with Gasteiger partial charge in [-0.2, -0.15) is 0 Å². The summed E-state index contributed by atoms with van der Waals surface area (Å²) in [6.07, 6.45) is 5.26. The minimum absolute atomic E-state index is 0.0108. The molecule has 1 aromatic heterocycles. The number of hydrogen-bond acceptors (Lipinski definition) is 6. The first-order valence-corrected chi connectivity index (χ1v) is 10.5. The summed E-state index contributed by atoms with van der Waals surface area (Å²) >= 11 is 0. The molecule has 0 amide bonds. The van der Waals surface area contributed by atoms with Crippen molar-refractivity contribution in [1.82, 2.24) is 14.9 Å². The van der Waals surface area contributed by atoms with Gasteiger partial charge in [0.25, 0.3) is 0 Å². The van der Waals surface area contributed by atoms with Crippen molar-refractivity contribution >= 4 is 22.4 Å². The van der Waals surface area contributed by atoms with E-state index in [0.29, 0.717) is 35.2 Å². The molecule has 1 atom stereocenters. The summed E-state index contributed by atoms with van der Waals surface area (Å²) < 4.78 is 26.7. The van der Waals surface area contributed by atoms with E-state index >= 15 is 0 Å². The normalized spacial score (nSPS) is 19.1. The van der Waals surface area contributed by atoms with Crippen LogP contribution in [0.4, 0.5) is 15.9 Å². The number of aryl methyl sites for hydroxylation is 1. The maximum atomic E-state index is 14.5. The number of nitrogens with zero attached hydrogens (tertiary/aromatic N) is 3. The fourth-order valence-corrected chi connectivity index (χ4v) is 4.16. The predicted molar refractivity (Wildman–Crippen MR) is 114 cm³/mol. The van der Waals surface area contributed by atoms with Crippen molar-refractivity contribution in [2.45, 2.75) is 32.3 Å². The molecule has 5 rings (SSSR count). The van der Waals surface area contributed by atoms with E-state index in [2.05, 4.69) is 20.2 Å². The summed E-state index contributed by atoms with van der Waals surface area (Å²) in [5.74, 6) is 1.61. The number of fused-ring (bicyclic) bond motifs is 2. The van der Waals surface area contributed by atoms with Crippen molar-refractivity contribution in [2.24, 2.45) is 0 Å². The van der Waals surface area contributed by atoms with Crippen LogP contribution < -0.4 is 14.8 Å². The molecule has 1 N–H and O–H groups in total. The zero-order chi connectivity index (χ0) is 20.5. The highest BCUT2D eigenvalue weighted by Gasteiger charge is 2.25. The minimum atomic E-state index is -0.289. The van der Waals surface area contributed by atoms with E-state index in [0.717, 1.165) is 30.5 Å². The number of aromatic nitrogens is 2. The number of anilines is 2. The highest BCUT2D eigenvalue weighted by Crippen LogP contribution is 2.38. The summed E-state index contributed by atoms with van der Waals surface area (Å²) in [5, 5.41) is 3.87. The van der Waals surface area contributed by atoms with Crippen molar-refractivity contribution in [3.63, 3.8) is 0 Å². The second-order valence-electron chi connectivity index (χ2n) is 8.01. The van der Waals surface area contributed by atoms with E-state index in [1.807, 2.05) is 18.2 Å². The van der Waals surface area contributed by atoms with Crippen LogP contribution in [-0.4, -0.2) is 47.2 Å². The maximum absolute atomic E-state index is 14.5. The van der Waals surface area contributed by atoms with Crippen molar-refractivity contribution < 1.29 is 13.9 Å². The number of hydrogen-bond donors (Lipinski definition) is 1. The van der Waals surface area contributed by atoms with Crippen LogP contribution in [-0.2, 0) is 0 Å². The molecular weight excluding hydrogens is 383 g/mol. The SMILES string of the molecule is Cc1cccc(Nc2ncnc3cc4c(cc23)O[C@H](CN2CCCCC2)CO4)c1F. The number of halogens is 1. The lowest BCUT2D eigenvalue weighted by atomic mass is 10.1. The fraction of sp³-hybridized carbons (Fsp3) is 0.391. The Kier molecular flexibility index (Phi) is 5.12. The lowest BCUT2D eigenvalue weighted by Crippen LogP contribution is -2.42. The van der Waals surface area contributed by atoms with E-state index in [1.165, 1.54) is 25.6 Å². The van der Waals surface area contributed by atoms with Gasteiger partial charge in [-0.3, -0.25) is 4.90 Å². The van der Waals surface area contributed by atoms with Gasteiger partial charge in [0, 0.05) is 18.0 Å². The fourth-order valence-electron chi connectivity index (χ4n) is 4.16. The average Bonchev–Trinajstić information content (AvgIpc) is 2.76. The van der Waals surface area contributed by atoms with Crippen LogP contribution in [0.15, 0.2) is 36.7 Å². The number of ether oxygens (including phenoxy) is 2. The molecule has 1 fully saturated rings. The topological polar surface area (TPSA) is 59.5 Å². The second-order valence-corrected chi connectivity index (χ2v) is 8.01. The van der Waals surface area contributed by atoms with Crippen molar-refractivity contribution in [2.75, 3.05) is 31.6 Å². The zero-order valence-corrected chi connectivity index (χ0v) is 17.0. The lowest BCUT2D eigenvalue weighted by Gasteiger charge is -2.33. The molecule has 0 saturated carbocycles. The molecule has 3 aromatic rings. The molecule has 1 saturated heterocycles. The molecule has 3 heterocycles. The van der Waals surface area contributed by atoms with Gasteiger partial charge in [-0.25, -0.2) is 14.4 Å². The van der Waals surface area contributed by atoms with Crippen LogP contribution in [0.2, 0.25) is 0 Å². The third-order valence-electron chi connectivity index (χ3n) is 5.77. The summed E-state index contributed by atoms with van der Waals surface area (Å²) in [5.41, 5.74) is 1.68. The van der Waals surface area contributed by atoms with E-state index in [9.17, 15) is 4.39 Å². The highest BCUT2D eigenvalue weighted by atomic mass is 19.1. The minimum Gasteiger partial charge on any atom is -0.486 e. The molecule has 0 unspecified atom stereocenters. The van der Waals surface area contributed by atoms with Crippen LogP contribution in [0.3, 0.4) is 0 Å². The first kappa shape index (κ1) is 19.1. The van der Waals surface area contributed by atoms with Crippen molar-refractivity contribution in [3.05, 3.63) is 48.0 Å². The monoisotopic (exact) mass is 408 g/mol. The molecule has 0 aliphatic carbocycles. The lowest BCUT2D eigenvalue weighted by molar-refractivity contribution is 0.0535. The van der Waals surface area contributed by atoms with Gasteiger partial charge in [0.1, 0.15) is 30.7 Å². The third kappa shape index (κ3) is 3.77. The molecule has 0 radical (unpaired) electrons. The molecule has 30 heavy (non-hydrogen) atoms. The quantitative estimate of drug-likeness (QED) is 0.688. The Morgan fingerprint density at radius 1 is 1.13 bits per heavy atom. The van der Waals surface area contributed by atoms with Crippen molar-refractivity contribution in [3.8, 4) is 11.5 Å². The van der Waals surface area contributed by atoms with Gasteiger partial charge in [-0.1, -0.05) is 18.6 Å². The summed E-state index contributed by atoms with van der Waals surface area (Å²) in [6.45, 7) is 5.37. The van der Waals surface area contributed by atoms with Crippen molar-refractivity contribution in [1.29, 1.82) is 0 Å². The molecule has 2 aromatic carbocycles. The van der Waals surface area contributed by atoms with Gasteiger partial charge >= 0.3 is 0 Å². The highest BCUT2D eigenvalue weighted by molar-refractivity contribution is 5.93. The van der Waals surface area contributed by atoms with E-state index in [1.54, 1.807) is 19.1 Å². The number of piperidine rings is 1. The van der Waals surface area contributed by atoms with Crippen LogP contribution in [0.1, 0.15) is 24.8 Å². The molecule has 2 aliphatic heterocycles. The Labute approximate surface area is 175 Å². The van der Waals surface area contributed by atoms with Gasteiger partial charge in [0.2, 0.25) is 0 Å². The molecule has 7 heteroatoms. The molecule has 6 nitrogen and oxygen atoms in total. The summed E-state index contributed by atoms with van der Waals surface area (Å²) in [4.78, 5) is 11.1. The Hall–Kier alpha value is -2.93. The first-order valence-electron chi connectivity index (χ1n) is 10.5. The van der Waals surface area contributed by atoms with E-state index < -0.39 is 0 Å².